The highest BCUT2D eigenvalue weighted by atomic mass is 32.2. The first-order chi connectivity index (χ1) is 10.9. The van der Waals surface area contributed by atoms with Gasteiger partial charge in [-0.1, -0.05) is 42.5 Å². The summed E-state index contributed by atoms with van der Waals surface area (Å²) in [4.78, 5) is 0. The van der Waals surface area contributed by atoms with Crippen LogP contribution in [0.2, 0.25) is 0 Å². The third-order valence-corrected chi connectivity index (χ3v) is 5.09. The van der Waals surface area contributed by atoms with E-state index >= 15 is 0 Å². The van der Waals surface area contributed by atoms with Crippen LogP contribution in [0.15, 0.2) is 54.6 Å². The molecule has 24 heavy (non-hydrogen) atoms. The van der Waals surface area contributed by atoms with Gasteiger partial charge in [0.15, 0.2) is 0 Å². The number of hydrogen-bond donors (Lipinski definition) is 0. The van der Waals surface area contributed by atoms with Crippen LogP contribution in [-0.2, 0) is 16.0 Å². The van der Waals surface area contributed by atoms with Crippen LogP contribution in [0.5, 0.6) is 0 Å². The van der Waals surface area contributed by atoms with Crippen LogP contribution in [0.25, 0.3) is 0 Å². The highest BCUT2D eigenvalue weighted by Crippen LogP contribution is 2.40. The van der Waals surface area contributed by atoms with E-state index < -0.39 is 37.9 Å². The van der Waals surface area contributed by atoms with Gasteiger partial charge >= 0.3 is 11.7 Å². The molecule has 0 saturated carbocycles. The molecular weight excluding hydrogens is 358 g/mol. The molecule has 0 aliphatic heterocycles. The van der Waals surface area contributed by atoms with Gasteiger partial charge in [-0.2, -0.15) is 26.3 Å². The quantitative estimate of drug-likeness (QED) is 0.734. The molecule has 0 fully saturated rings. The summed E-state index contributed by atoms with van der Waals surface area (Å²) in [5.74, 6) is 0. The minimum atomic E-state index is -5.67. The van der Waals surface area contributed by atoms with Gasteiger partial charge in [0, 0.05) is 0 Å². The number of benzene rings is 2. The molecule has 2 nitrogen and oxygen atoms in total. The molecular formula is C15H10F6O2S. The average molecular weight is 368 g/mol. The van der Waals surface area contributed by atoms with Crippen molar-refractivity contribution in [3.63, 3.8) is 0 Å². The summed E-state index contributed by atoms with van der Waals surface area (Å²) in [5, 5.41) is -2.14. The van der Waals surface area contributed by atoms with E-state index in [1.54, 1.807) is 0 Å². The number of sulfone groups is 1. The fourth-order valence-corrected chi connectivity index (χ4v) is 3.46. The molecule has 0 aliphatic rings. The van der Waals surface area contributed by atoms with Crippen molar-refractivity contribution in [3.8, 4) is 0 Å². The molecule has 1 unspecified atom stereocenters. The maximum Gasteiger partial charge on any atom is 0.498 e. The Labute approximate surface area is 133 Å². The standard InChI is InChI=1S/C15H10F6O2S/c16-14(17,18)12-8-6-11(7-9-12)13(10-4-2-1-3-5-10)24(22,23)15(19,20)21/h1-9,13H. The summed E-state index contributed by atoms with van der Waals surface area (Å²) < 4.78 is 100. The van der Waals surface area contributed by atoms with Crippen molar-refractivity contribution in [2.75, 3.05) is 0 Å². The summed E-state index contributed by atoms with van der Waals surface area (Å²) in [5.41, 5.74) is -7.21. The van der Waals surface area contributed by atoms with Crippen molar-refractivity contribution in [1.29, 1.82) is 0 Å². The Bertz CT molecular complexity index is 793. The minimum absolute atomic E-state index is 0.186. The van der Waals surface area contributed by atoms with Gasteiger partial charge in [-0.25, -0.2) is 8.42 Å². The van der Waals surface area contributed by atoms with Gasteiger partial charge in [0.2, 0.25) is 0 Å². The van der Waals surface area contributed by atoms with Crippen LogP contribution in [-0.4, -0.2) is 13.9 Å². The van der Waals surface area contributed by atoms with E-state index in [9.17, 15) is 34.8 Å². The Morgan fingerprint density at radius 2 is 1.17 bits per heavy atom. The van der Waals surface area contributed by atoms with E-state index in [0.29, 0.717) is 12.1 Å². The van der Waals surface area contributed by atoms with Crippen LogP contribution in [0, 0.1) is 0 Å². The Hall–Kier alpha value is -2.03. The molecule has 2 rings (SSSR count). The lowest BCUT2D eigenvalue weighted by Crippen LogP contribution is -2.29. The predicted molar refractivity (Wildman–Crippen MR) is 74.7 cm³/mol. The Morgan fingerprint density at radius 1 is 0.708 bits per heavy atom. The molecule has 0 radical (unpaired) electrons. The first-order valence-corrected chi connectivity index (χ1v) is 8.01. The maximum atomic E-state index is 13.0. The first kappa shape index (κ1) is 18.3. The highest BCUT2D eigenvalue weighted by molar-refractivity contribution is 7.92. The van der Waals surface area contributed by atoms with Gasteiger partial charge in [0.05, 0.1) is 5.56 Å². The van der Waals surface area contributed by atoms with Crippen molar-refractivity contribution >= 4 is 9.84 Å². The summed E-state index contributed by atoms with van der Waals surface area (Å²) in [6.07, 6.45) is -4.68. The summed E-state index contributed by atoms with van der Waals surface area (Å²) in [6.45, 7) is 0. The van der Waals surface area contributed by atoms with Gasteiger partial charge in [-0.05, 0) is 23.3 Å². The van der Waals surface area contributed by atoms with E-state index in [4.69, 9.17) is 0 Å². The van der Waals surface area contributed by atoms with Gasteiger partial charge in [0.1, 0.15) is 5.25 Å². The molecule has 0 N–H and O–H groups in total. The summed E-state index contributed by atoms with van der Waals surface area (Å²) in [7, 11) is -5.67. The fraction of sp³-hybridized carbons (Fsp3) is 0.200. The lowest BCUT2D eigenvalue weighted by molar-refractivity contribution is -0.137. The van der Waals surface area contributed by atoms with Gasteiger partial charge in [-0.15, -0.1) is 0 Å². The lowest BCUT2D eigenvalue weighted by atomic mass is 10.0. The van der Waals surface area contributed by atoms with Crippen LogP contribution < -0.4 is 0 Å². The van der Waals surface area contributed by atoms with Crippen molar-refractivity contribution in [3.05, 3.63) is 71.3 Å². The molecule has 0 bridgehead atoms. The fourth-order valence-electron chi connectivity index (χ4n) is 2.16. The van der Waals surface area contributed by atoms with E-state index in [1.165, 1.54) is 30.3 Å². The first-order valence-electron chi connectivity index (χ1n) is 6.47. The Kier molecular flexibility index (Phi) is 4.67. The van der Waals surface area contributed by atoms with Crippen LogP contribution in [0.4, 0.5) is 26.3 Å². The zero-order chi connectivity index (χ0) is 18.2. The average Bonchev–Trinajstić information content (AvgIpc) is 2.47. The number of rotatable bonds is 3. The highest BCUT2D eigenvalue weighted by Gasteiger charge is 2.51. The van der Waals surface area contributed by atoms with Crippen LogP contribution in [0.1, 0.15) is 21.9 Å². The second-order valence-electron chi connectivity index (χ2n) is 4.90. The zero-order valence-electron chi connectivity index (χ0n) is 11.8. The van der Waals surface area contributed by atoms with Gasteiger partial charge < -0.3 is 0 Å². The summed E-state index contributed by atoms with van der Waals surface area (Å²) >= 11 is 0. The molecule has 1 atom stereocenters. The predicted octanol–water partition coefficient (Wildman–Crippen LogP) is 4.73. The zero-order valence-corrected chi connectivity index (χ0v) is 12.6. The molecule has 0 aliphatic carbocycles. The second kappa shape index (κ2) is 6.12. The van der Waals surface area contributed by atoms with Crippen LogP contribution in [0.3, 0.4) is 0 Å². The van der Waals surface area contributed by atoms with E-state index in [1.807, 2.05) is 0 Å². The topological polar surface area (TPSA) is 34.1 Å². The van der Waals surface area contributed by atoms with Crippen molar-refractivity contribution in [1.82, 2.24) is 0 Å². The largest absolute Gasteiger partial charge is 0.498 e. The number of alkyl halides is 6. The SMILES string of the molecule is O=S(=O)(C(c1ccccc1)c1ccc(C(F)(F)F)cc1)C(F)(F)F. The number of halogens is 6. The van der Waals surface area contributed by atoms with E-state index in [0.717, 1.165) is 12.1 Å². The molecule has 0 spiro atoms. The molecule has 0 saturated heterocycles. The van der Waals surface area contributed by atoms with Crippen molar-refractivity contribution in [2.45, 2.75) is 16.9 Å². The van der Waals surface area contributed by atoms with E-state index in [-0.39, 0.29) is 5.56 Å². The molecule has 0 aromatic heterocycles. The van der Waals surface area contributed by atoms with Crippen molar-refractivity contribution in [2.24, 2.45) is 0 Å². The molecule has 0 heterocycles. The number of hydrogen-bond acceptors (Lipinski definition) is 2. The Morgan fingerprint density at radius 3 is 1.58 bits per heavy atom. The Balaban J connectivity index is 2.60. The molecule has 0 amide bonds. The molecule has 2 aromatic rings. The molecule has 9 heteroatoms. The lowest BCUT2D eigenvalue weighted by Gasteiger charge is -2.20. The summed E-state index contributed by atoms with van der Waals surface area (Å²) in [6, 6.07) is 9.10. The van der Waals surface area contributed by atoms with Gasteiger partial charge in [0.25, 0.3) is 9.84 Å². The van der Waals surface area contributed by atoms with Crippen molar-refractivity contribution < 1.29 is 34.8 Å². The normalized spacial score (nSPS) is 14.4. The monoisotopic (exact) mass is 368 g/mol. The van der Waals surface area contributed by atoms with Gasteiger partial charge in [-0.3, -0.25) is 0 Å². The second-order valence-corrected chi connectivity index (χ2v) is 6.93. The van der Waals surface area contributed by atoms with Crippen LogP contribution >= 0.6 is 0 Å². The minimum Gasteiger partial charge on any atom is -0.219 e. The molecule has 2 aromatic carbocycles. The third-order valence-electron chi connectivity index (χ3n) is 3.28. The third kappa shape index (κ3) is 3.55. The molecule has 130 valence electrons. The van der Waals surface area contributed by atoms with E-state index in [2.05, 4.69) is 0 Å². The maximum absolute atomic E-state index is 13.0. The smallest absolute Gasteiger partial charge is 0.219 e.